The SMILES string of the molecule is Cc1cc(C)cc(NS(=O)(=O)c2ccc(NC(=O)c3ccc(OCCC(C)C)c(Br)c3)cc2)c1. The molecule has 0 aliphatic heterocycles. The number of aryl methyl sites for hydroxylation is 2. The van der Waals surface area contributed by atoms with Gasteiger partial charge >= 0.3 is 0 Å². The Balaban J connectivity index is 1.65. The van der Waals surface area contributed by atoms with E-state index in [9.17, 15) is 13.2 Å². The number of halogens is 1. The van der Waals surface area contributed by atoms with E-state index in [-0.39, 0.29) is 10.8 Å². The lowest BCUT2D eigenvalue weighted by molar-refractivity contribution is 0.102. The molecule has 3 rings (SSSR count). The van der Waals surface area contributed by atoms with E-state index in [4.69, 9.17) is 4.74 Å². The van der Waals surface area contributed by atoms with E-state index in [1.54, 1.807) is 42.5 Å². The van der Waals surface area contributed by atoms with E-state index in [1.807, 2.05) is 19.9 Å². The zero-order chi connectivity index (χ0) is 24.9. The molecule has 0 aromatic heterocycles. The molecule has 0 spiro atoms. The third kappa shape index (κ3) is 7.08. The van der Waals surface area contributed by atoms with Crippen LogP contribution in [0.5, 0.6) is 5.75 Å². The van der Waals surface area contributed by atoms with Gasteiger partial charge in [-0.15, -0.1) is 0 Å². The maximum Gasteiger partial charge on any atom is 0.261 e. The minimum Gasteiger partial charge on any atom is -0.492 e. The van der Waals surface area contributed by atoms with Gasteiger partial charge in [-0.05, 0) is 108 Å². The van der Waals surface area contributed by atoms with Gasteiger partial charge in [-0.25, -0.2) is 8.42 Å². The van der Waals surface area contributed by atoms with Gasteiger partial charge in [-0.3, -0.25) is 9.52 Å². The van der Waals surface area contributed by atoms with Gasteiger partial charge in [0.1, 0.15) is 5.75 Å². The van der Waals surface area contributed by atoms with Gasteiger partial charge in [0.25, 0.3) is 15.9 Å². The first kappa shape index (κ1) is 25.8. The molecule has 6 nitrogen and oxygen atoms in total. The number of amides is 1. The Bertz CT molecular complexity index is 1250. The average Bonchev–Trinajstić information content (AvgIpc) is 2.74. The highest BCUT2D eigenvalue weighted by Gasteiger charge is 2.15. The smallest absolute Gasteiger partial charge is 0.261 e. The van der Waals surface area contributed by atoms with Crippen LogP contribution in [0.3, 0.4) is 0 Å². The number of benzene rings is 3. The maximum atomic E-state index is 12.7. The quantitative estimate of drug-likeness (QED) is 0.320. The molecule has 8 heteroatoms. The van der Waals surface area contributed by atoms with Crippen LogP contribution in [0.2, 0.25) is 0 Å². The summed E-state index contributed by atoms with van der Waals surface area (Å²) in [5, 5.41) is 2.79. The van der Waals surface area contributed by atoms with Crippen LogP contribution in [0.15, 0.2) is 70.0 Å². The highest BCUT2D eigenvalue weighted by molar-refractivity contribution is 9.10. The number of ether oxygens (including phenoxy) is 1. The molecular weight excluding hydrogens is 516 g/mol. The number of carbonyl (C=O) groups excluding carboxylic acids is 1. The van der Waals surface area contributed by atoms with E-state index in [1.165, 1.54) is 12.1 Å². The first-order valence-electron chi connectivity index (χ1n) is 11.0. The summed E-state index contributed by atoms with van der Waals surface area (Å²) < 4.78 is 34.5. The topological polar surface area (TPSA) is 84.5 Å². The van der Waals surface area contributed by atoms with Gasteiger partial charge in [0.05, 0.1) is 16.0 Å². The first-order chi connectivity index (χ1) is 16.0. The van der Waals surface area contributed by atoms with Gasteiger partial charge in [0, 0.05) is 16.9 Å². The summed E-state index contributed by atoms with van der Waals surface area (Å²) in [5.74, 6) is 0.925. The number of nitrogens with one attached hydrogen (secondary N) is 2. The molecular formula is C26H29BrN2O4S. The van der Waals surface area contributed by atoms with Crippen molar-refractivity contribution in [1.29, 1.82) is 0 Å². The van der Waals surface area contributed by atoms with E-state index < -0.39 is 10.0 Å². The normalized spacial score (nSPS) is 11.4. The summed E-state index contributed by atoms with van der Waals surface area (Å²) in [5.41, 5.74) is 3.40. The van der Waals surface area contributed by atoms with Gasteiger partial charge in [-0.1, -0.05) is 19.9 Å². The fraction of sp³-hybridized carbons (Fsp3) is 0.269. The van der Waals surface area contributed by atoms with Crippen molar-refractivity contribution < 1.29 is 17.9 Å². The first-order valence-corrected chi connectivity index (χ1v) is 13.3. The fourth-order valence-electron chi connectivity index (χ4n) is 3.33. The molecule has 3 aromatic rings. The van der Waals surface area contributed by atoms with Crippen LogP contribution in [0, 0.1) is 19.8 Å². The minimum absolute atomic E-state index is 0.107. The predicted molar refractivity (Wildman–Crippen MR) is 140 cm³/mol. The standard InChI is InChI=1S/C26H29BrN2O4S/c1-17(2)11-12-33-25-10-5-20(16-24(25)27)26(30)28-21-6-8-23(9-7-21)34(31,32)29-22-14-18(3)13-19(4)15-22/h5-10,13-17,29H,11-12H2,1-4H3,(H,28,30). The van der Waals surface area contributed by atoms with Crippen molar-refractivity contribution >= 4 is 43.2 Å². The lowest BCUT2D eigenvalue weighted by Gasteiger charge is -2.12. The van der Waals surface area contributed by atoms with Crippen LogP contribution in [-0.2, 0) is 10.0 Å². The Morgan fingerprint density at radius 2 is 1.59 bits per heavy atom. The van der Waals surface area contributed by atoms with Crippen molar-refractivity contribution in [3.63, 3.8) is 0 Å². The van der Waals surface area contributed by atoms with Crippen LogP contribution < -0.4 is 14.8 Å². The lowest BCUT2D eigenvalue weighted by Crippen LogP contribution is -2.14. The molecule has 2 N–H and O–H groups in total. The molecule has 0 heterocycles. The highest BCUT2D eigenvalue weighted by atomic mass is 79.9. The van der Waals surface area contributed by atoms with Crippen molar-refractivity contribution in [1.82, 2.24) is 0 Å². The lowest BCUT2D eigenvalue weighted by atomic mass is 10.1. The van der Waals surface area contributed by atoms with Crippen molar-refractivity contribution in [3.8, 4) is 5.75 Å². The molecule has 3 aromatic carbocycles. The second-order valence-electron chi connectivity index (χ2n) is 8.64. The van der Waals surface area contributed by atoms with Gasteiger partial charge in [0.2, 0.25) is 0 Å². The maximum absolute atomic E-state index is 12.7. The van der Waals surface area contributed by atoms with Crippen molar-refractivity contribution in [3.05, 3.63) is 81.8 Å². The van der Waals surface area contributed by atoms with Crippen LogP contribution in [0.25, 0.3) is 0 Å². The molecule has 0 fully saturated rings. The van der Waals surface area contributed by atoms with Crippen molar-refractivity contribution in [2.24, 2.45) is 5.92 Å². The molecule has 0 saturated heterocycles. The van der Waals surface area contributed by atoms with E-state index in [0.29, 0.717) is 39.7 Å². The van der Waals surface area contributed by atoms with Crippen molar-refractivity contribution in [2.45, 2.75) is 39.0 Å². The number of sulfonamides is 1. The van der Waals surface area contributed by atoms with Gasteiger partial charge < -0.3 is 10.1 Å². The monoisotopic (exact) mass is 544 g/mol. The molecule has 180 valence electrons. The summed E-state index contributed by atoms with van der Waals surface area (Å²) in [7, 11) is -3.75. The molecule has 34 heavy (non-hydrogen) atoms. The highest BCUT2D eigenvalue weighted by Crippen LogP contribution is 2.27. The van der Waals surface area contributed by atoms with E-state index in [2.05, 4.69) is 39.8 Å². The number of carbonyl (C=O) groups is 1. The molecule has 0 atom stereocenters. The minimum atomic E-state index is -3.75. The third-order valence-corrected chi connectivity index (χ3v) is 7.06. The summed E-state index contributed by atoms with van der Waals surface area (Å²) in [6, 6.07) is 16.7. The average molecular weight is 545 g/mol. The number of hydrogen-bond acceptors (Lipinski definition) is 4. The van der Waals surface area contributed by atoms with E-state index in [0.717, 1.165) is 17.5 Å². The molecule has 0 aliphatic carbocycles. The second-order valence-corrected chi connectivity index (χ2v) is 11.2. The molecule has 1 amide bonds. The Labute approximate surface area is 209 Å². The zero-order valence-electron chi connectivity index (χ0n) is 19.7. The molecule has 0 radical (unpaired) electrons. The number of rotatable bonds is 9. The van der Waals surface area contributed by atoms with Crippen molar-refractivity contribution in [2.75, 3.05) is 16.6 Å². The summed E-state index contributed by atoms with van der Waals surface area (Å²) in [4.78, 5) is 12.8. The van der Waals surface area contributed by atoms with Crippen LogP contribution in [-0.4, -0.2) is 20.9 Å². The summed E-state index contributed by atoms with van der Waals surface area (Å²) in [6.45, 7) is 8.70. The Kier molecular flexibility index (Phi) is 8.38. The third-order valence-electron chi connectivity index (χ3n) is 5.04. The second kappa shape index (κ2) is 11.1. The van der Waals surface area contributed by atoms with E-state index >= 15 is 0 Å². The summed E-state index contributed by atoms with van der Waals surface area (Å²) >= 11 is 3.46. The van der Waals surface area contributed by atoms with Crippen LogP contribution in [0.1, 0.15) is 41.8 Å². The molecule has 0 saturated carbocycles. The van der Waals surface area contributed by atoms with Gasteiger partial charge in [-0.2, -0.15) is 0 Å². The molecule has 0 bridgehead atoms. The van der Waals surface area contributed by atoms with Crippen LogP contribution >= 0.6 is 15.9 Å². The summed E-state index contributed by atoms with van der Waals surface area (Å²) in [6.07, 6.45) is 0.945. The number of anilines is 2. The molecule has 0 unspecified atom stereocenters. The largest absolute Gasteiger partial charge is 0.492 e. The van der Waals surface area contributed by atoms with Gasteiger partial charge in [0.15, 0.2) is 0 Å². The predicted octanol–water partition coefficient (Wildman–Crippen LogP) is 6.54. The Hall–Kier alpha value is -2.84. The fourth-order valence-corrected chi connectivity index (χ4v) is 4.87. The molecule has 0 aliphatic rings. The Morgan fingerprint density at radius 3 is 2.18 bits per heavy atom. The zero-order valence-corrected chi connectivity index (χ0v) is 22.1. The van der Waals surface area contributed by atoms with Crippen LogP contribution in [0.4, 0.5) is 11.4 Å². The Morgan fingerprint density at radius 1 is 0.941 bits per heavy atom. The number of hydrogen-bond donors (Lipinski definition) is 2.